The Morgan fingerprint density at radius 1 is 1.14 bits per heavy atom. The van der Waals surface area contributed by atoms with Crippen LogP contribution in [-0.4, -0.2) is 106 Å². The largest absolute Gasteiger partial charge is 2.00 e. The van der Waals surface area contributed by atoms with Crippen LogP contribution in [0.3, 0.4) is 0 Å². The standard InChI is InChI=1S/BH3O3.Ca.Sr.Zn.4H/c2-1(3)4;;;;;;;/h2-4H;;;;;;;/q;2*+2;;4*-1. The summed E-state index contributed by atoms with van der Waals surface area (Å²) in [5.41, 5.74) is 0. The minimum atomic E-state index is -2.17. The molecule has 0 heterocycles. The molecule has 0 aliphatic rings. The summed E-state index contributed by atoms with van der Waals surface area (Å²) in [6, 6.07) is 0. The molecule has 0 saturated heterocycles. The first kappa shape index (κ1) is 22.4. The summed E-state index contributed by atoms with van der Waals surface area (Å²) in [5.74, 6) is 0. The molecule has 0 bridgehead atoms. The fourth-order valence-corrected chi connectivity index (χ4v) is 0. The maximum absolute atomic E-state index is 7.17. The van der Waals surface area contributed by atoms with Crippen LogP contribution < -0.4 is 0 Å². The molecule has 3 N–H and O–H groups in total. The molecule has 0 spiro atoms. The van der Waals surface area contributed by atoms with Crippen molar-refractivity contribution in [1.82, 2.24) is 0 Å². The van der Waals surface area contributed by atoms with Gasteiger partial charge in [-0.2, -0.15) is 0 Å². The number of hydrogen-bond donors (Lipinski definition) is 3. The Labute approximate surface area is 128 Å². The first-order chi connectivity index (χ1) is 1.73. The molecule has 0 aromatic carbocycles. The van der Waals surface area contributed by atoms with Gasteiger partial charge < -0.3 is 20.8 Å². The van der Waals surface area contributed by atoms with E-state index in [0.717, 1.165) is 0 Å². The third-order valence-electron chi connectivity index (χ3n) is 0. The molecule has 0 atom stereocenters. The number of hydrogen-bond acceptors (Lipinski definition) is 3. The second kappa shape index (κ2) is 16.1. The van der Waals surface area contributed by atoms with E-state index in [0.29, 0.717) is 0 Å². The van der Waals surface area contributed by atoms with Gasteiger partial charge in [-0.05, 0) is 0 Å². The summed E-state index contributed by atoms with van der Waals surface area (Å²) in [4.78, 5) is 0. The topological polar surface area (TPSA) is 60.7 Å². The molecular weight excluding hydrogens is 252 g/mol. The van der Waals surface area contributed by atoms with Crippen LogP contribution in [0.15, 0.2) is 0 Å². The van der Waals surface area contributed by atoms with Crippen LogP contribution in [0.5, 0.6) is 0 Å². The Morgan fingerprint density at radius 3 is 1.14 bits per heavy atom. The molecule has 0 aromatic rings. The predicted molar refractivity (Wildman–Crippen MR) is 28.4 cm³/mol. The summed E-state index contributed by atoms with van der Waals surface area (Å²) in [6.07, 6.45) is 0. The van der Waals surface area contributed by atoms with Crippen molar-refractivity contribution in [3.63, 3.8) is 0 Å². The minimum Gasteiger partial charge on any atom is -1.00 e. The van der Waals surface area contributed by atoms with Gasteiger partial charge in [0.05, 0.1) is 0 Å². The van der Waals surface area contributed by atoms with Crippen molar-refractivity contribution in [3.8, 4) is 0 Å². The third-order valence-corrected chi connectivity index (χ3v) is 0. The molecular formula is H7BCaO3SrZn. The SMILES string of the molecule is OB(O)O.[Ca+2].[H-].[H-].[H-].[H-].[Sr+2].[Zn]. The quantitative estimate of drug-likeness (QED) is 0.426. The van der Waals surface area contributed by atoms with Crippen molar-refractivity contribution in [2.45, 2.75) is 0 Å². The van der Waals surface area contributed by atoms with Gasteiger partial charge in [-0.15, -0.1) is 0 Å². The molecule has 0 unspecified atom stereocenters. The van der Waals surface area contributed by atoms with Crippen molar-refractivity contribution in [3.05, 3.63) is 0 Å². The van der Waals surface area contributed by atoms with Crippen LogP contribution in [0.1, 0.15) is 5.71 Å². The van der Waals surface area contributed by atoms with Crippen molar-refractivity contribution in [2.24, 2.45) is 0 Å². The second-order valence-electron chi connectivity index (χ2n) is 0.346. The Morgan fingerprint density at radius 2 is 1.14 bits per heavy atom. The van der Waals surface area contributed by atoms with Crippen molar-refractivity contribution < 1.29 is 40.3 Å². The van der Waals surface area contributed by atoms with Crippen LogP contribution in [-0.2, 0) is 19.5 Å². The Balaban J connectivity index is -0.00000000214. The second-order valence-corrected chi connectivity index (χ2v) is 0.346. The maximum Gasteiger partial charge on any atom is 2.00 e. The van der Waals surface area contributed by atoms with Gasteiger partial charge in [0, 0.05) is 19.5 Å². The van der Waals surface area contributed by atoms with Gasteiger partial charge in [-0.3, -0.25) is 0 Å². The summed E-state index contributed by atoms with van der Waals surface area (Å²) in [7, 11) is -2.17. The van der Waals surface area contributed by atoms with Gasteiger partial charge in [0.15, 0.2) is 0 Å². The smallest absolute Gasteiger partial charge is 1.00 e. The monoisotopic (exact) mass is 258 g/mol. The van der Waals surface area contributed by atoms with Gasteiger partial charge in [-0.25, -0.2) is 0 Å². The molecule has 0 aliphatic heterocycles. The molecule has 0 rings (SSSR count). The first-order valence-electron chi connectivity index (χ1n) is 0.775. The third kappa shape index (κ3) is 45.4. The molecule has 0 aliphatic carbocycles. The van der Waals surface area contributed by atoms with E-state index in [2.05, 4.69) is 0 Å². The zero-order valence-electron chi connectivity index (χ0n) is 8.04. The van der Waals surface area contributed by atoms with Crippen LogP contribution in [0.2, 0.25) is 0 Å². The van der Waals surface area contributed by atoms with Crippen molar-refractivity contribution >= 4 is 90.5 Å². The van der Waals surface area contributed by atoms with Crippen LogP contribution in [0, 0.1) is 0 Å². The summed E-state index contributed by atoms with van der Waals surface area (Å²) in [5, 5.41) is 21.5. The van der Waals surface area contributed by atoms with E-state index in [4.69, 9.17) is 15.1 Å². The summed E-state index contributed by atoms with van der Waals surface area (Å²) < 4.78 is 0. The van der Waals surface area contributed by atoms with E-state index in [-0.39, 0.29) is 108 Å². The van der Waals surface area contributed by atoms with E-state index >= 15 is 0 Å². The van der Waals surface area contributed by atoms with Gasteiger partial charge in [0.1, 0.15) is 0 Å². The average molecular weight is 259 g/mol. The molecule has 34 valence electrons. The van der Waals surface area contributed by atoms with Crippen molar-refractivity contribution in [2.75, 3.05) is 0 Å². The Bertz CT molecular complexity index is 30.1. The van der Waals surface area contributed by atoms with E-state index in [9.17, 15) is 0 Å². The van der Waals surface area contributed by atoms with Gasteiger partial charge in [0.25, 0.3) is 0 Å². The molecule has 7 heteroatoms. The fraction of sp³-hybridized carbons (Fsp3) is 0. The summed E-state index contributed by atoms with van der Waals surface area (Å²) >= 11 is 0. The van der Waals surface area contributed by atoms with Crippen LogP contribution in [0.25, 0.3) is 0 Å². The molecule has 0 aromatic heterocycles. The Kier molecular flexibility index (Phi) is 51.8. The maximum atomic E-state index is 7.17. The average Bonchev–Trinajstić information content (AvgIpc) is 0.811. The van der Waals surface area contributed by atoms with Gasteiger partial charge >= 0.3 is 90.5 Å². The zero-order chi connectivity index (χ0) is 3.58. The van der Waals surface area contributed by atoms with Crippen LogP contribution >= 0.6 is 0 Å². The normalized spacial score (nSPS) is 3.86. The van der Waals surface area contributed by atoms with E-state index in [1.807, 2.05) is 0 Å². The molecule has 3 nitrogen and oxygen atoms in total. The zero-order valence-corrected chi connectivity index (χ0v) is 12.7. The van der Waals surface area contributed by atoms with E-state index in [1.165, 1.54) is 0 Å². The molecule has 0 radical (unpaired) electrons. The Hall–Kier alpha value is 3.31. The van der Waals surface area contributed by atoms with Gasteiger partial charge in [0.2, 0.25) is 0 Å². The predicted octanol–water partition coefficient (Wildman–Crippen LogP) is -2.37. The fourth-order valence-electron chi connectivity index (χ4n) is 0. The van der Waals surface area contributed by atoms with E-state index < -0.39 is 7.32 Å². The first-order valence-corrected chi connectivity index (χ1v) is 0.775. The van der Waals surface area contributed by atoms with E-state index in [1.54, 1.807) is 0 Å². The van der Waals surface area contributed by atoms with Gasteiger partial charge in [-0.1, -0.05) is 0 Å². The minimum absolute atomic E-state index is 0. The molecule has 7 heavy (non-hydrogen) atoms. The molecule has 0 fully saturated rings. The molecule has 0 amide bonds. The number of rotatable bonds is 0. The van der Waals surface area contributed by atoms with Crippen LogP contribution in [0.4, 0.5) is 0 Å². The van der Waals surface area contributed by atoms with Crippen molar-refractivity contribution in [1.29, 1.82) is 0 Å². The summed E-state index contributed by atoms with van der Waals surface area (Å²) in [6.45, 7) is 0. The molecule has 0 saturated carbocycles.